The van der Waals surface area contributed by atoms with Crippen molar-refractivity contribution >= 4 is 21.6 Å². The Morgan fingerprint density at radius 1 is 1.07 bits per heavy atom. The predicted molar refractivity (Wildman–Crippen MR) is 109 cm³/mol. The fourth-order valence-electron chi connectivity index (χ4n) is 5.20. The van der Waals surface area contributed by atoms with Gasteiger partial charge in [0, 0.05) is 24.7 Å². The molecule has 1 aliphatic carbocycles. The van der Waals surface area contributed by atoms with Crippen molar-refractivity contribution < 1.29 is 18.1 Å². The van der Waals surface area contributed by atoms with Crippen LogP contribution in [0.25, 0.3) is 0 Å². The lowest BCUT2D eigenvalue weighted by atomic mass is 9.75. The van der Waals surface area contributed by atoms with E-state index in [1.54, 1.807) is 24.3 Å². The molecule has 1 saturated carbocycles. The molecule has 2 aliphatic heterocycles. The Labute approximate surface area is 168 Å². The highest BCUT2D eigenvalue weighted by Gasteiger charge is 2.34. The summed E-state index contributed by atoms with van der Waals surface area (Å²) < 4.78 is 27.0. The van der Waals surface area contributed by atoms with Gasteiger partial charge in [0.15, 0.2) is 6.54 Å². The van der Waals surface area contributed by atoms with Crippen LogP contribution in [0.1, 0.15) is 44.9 Å². The molecule has 1 aromatic rings. The maximum Gasteiger partial charge on any atom is 0.279 e. The number of carbonyl (C=O) groups excluding carboxylic acids is 1. The Bertz CT molecular complexity index is 805. The Balaban J connectivity index is 1.36. The molecule has 2 N–H and O–H groups in total. The first-order valence-corrected chi connectivity index (χ1v) is 12.2. The zero-order valence-electron chi connectivity index (χ0n) is 16.5. The van der Waals surface area contributed by atoms with Crippen LogP contribution in [0.3, 0.4) is 0 Å². The lowest BCUT2D eigenvalue weighted by Gasteiger charge is -2.38. The molecule has 3 fully saturated rings. The van der Waals surface area contributed by atoms with Crippen molar-refractivity contribution in [2.75, 3.05) is 38.0 Å². The van der Waals surface area contributed by atoms with Crippen LogP contribution in [-0.2, 0) is 14.8 Å². The molecule has 1 aromatic carbocycles. The summed E-state index contributed by atoms with van der Waals surface area (Å²) in [6.45, 7) is 3.80. The number of sulfonamides is 1. The summed E-state index contributed by atoms with van der Waals surface area (Å²) in [7, 11) is -3.46. The zero-order valence-corrected chi connectivity index (χ0v) is 17.3. The number of amides is 1. The molecule has 0 aromatic heterocycles. The van der Waals surface area contributed by atoms with Gasteiger partial charge in [0.05, 0.1) is 18.0 Å². The summed E-state index contributed by atoms with van der Waals surface area (Å²) in [5, 5.41) is 2.92. The van der Waals surface area contributed by atoms with Crippen LogP contribution in [0.5, 0.6) is 0 Å². The SMILES string of the molecule is O=C(C[NH+]1CC[C@H]2CCCC[C@@H]2C1)Nc1cccc(S(=O)(=O)N2CCCC2)c1. The van der Waals surface area contributed by atoms with Gasteiger partial charge in [-0.2, -0.15) is 4.31 Å². The number of quaternary nitrogens is 1. The van der Waals surface area contributed by atoms with E-state index in [0.29, 0.717) is 25.3 Å². The van der Waals surface area contributed by atoms with Crippen LogP contribution in [0.15, 0.2) is 29.2 Å². The summed E-state index contributed by atoms with van der Waals surface area (Å²) in [5.41, 5.74) is 0.567. The average molecular weight is 407 g/mol. The van der Waals surface area contributed by atoms with Crippen LogP contribution < -0.4 is 10.2 Å². The van der Waals surface area contributed by atoms with E-state index in [9.17, 15) is 13.2 Å². The van der Waals surface area contributed by atoms with Gasteiger partial charge >= 0.3 is 0 Å². The first-order valence-electron chi connectivity index (χ1n) is 10.8. The number of fused-ring (bicyclic) bond motifs is 1. The fraction of sp³-hybridized carbons (Fsp3) is 0.667. The van der Waals surface area contributed by atoms with Gasteiger partial charge in [-0.15, -0.1) is 0 Å². The molecule has 154 valence electrons. The van der Waals surface area contributed by atoms with Crippen molar-refractivity contribution in [2.24, 2.45) is 11.8 Å². The maximum atomic E-state index is 12.7. The van der Waals surface area contributed by atoms with E-state index in [2.05, 4.69) is 5.32 Å². The number of anilines is 1. The molecule has 0 radical (unpaired) electrons. The molecule has 28 heavy (non-hydrogen) atoms. The van der Waals surface area contributed by atoms with Gasteiger partial charge in [-0.05, 0) is 56.2 Å². The topological polar surface area (TPSA) is 70.9 Å². The van der Waals surface area contributed by atoms with Gasteiger partial charge in [-0.25, -0.2) is 8.42 Å². The van der Waals surface area contributed by atoms with E-state index in [1.807, 2.05) is 0 Å². The van der Waals surface area contributed by atoms with E-state index in [4.69, 9.17) is 0 Å². The van der Waals surface area contributed by atoms with Gasteiger partial charge in [-0.1, -0.05) is 18.9 Å². The largest absolute Gasteiger partial charge is 0.327 e. The van der Waals surface area contributed by atoms with Crippen molar-refractivity contribution in [3.8, 4) is 0 Å². The number of benzene rings is 1. The monoisotopic (exact) mass is 406 g/mol. The summed E-state index contributed by atoms with van der Waals surface area (Å²) in [5.74, 6) is 1.62. The number of rotatable bonds is 5. The molecule has 2 saturated heterocycles. The second-order valence-electron chi connectivity index (χ2n) is 8.66. The molecule has 4 rings (SSSR count). The summed E-state index contributed by atoms with van der Waals surface area (Å²) in [6.07, 6.45) is 8.43. The minimum Gasteiger partial charge on any atom is -0.327 e. The molecule has 6 nitrogen and oxygen atoms in total. The number of piperidine rings is 1. The van der Waals surface area contributed by atoms with Crippen molar-refractivity contribution in [3.05, 3.63) is 24.3 Å². The normalized spacial score (nSPS) is 28.6. The molecule has 0 spiro atoms. The smallest absolute Gasteiger partial charge is 0.279 e. The number of nitrogens with zero attached hydrogens (tertiary/aromatic N) is 1. The third-order valence-corrected chi connectivity index (χ3v) is 8.61. The Hall–Kier alpha value is -1.44. The second kappa shape index (κ2) is 8.51. The molecule has 1 unspecified atom stereocenters. The summed E-state index contributed by atoms with van der Waals surface area (Å²) in [4.78, 5) is 14.2. The molecule has 7 heteroatoms. The lowest BCUT2D eigenvalue weighted by molar-refractivity contribution is -0.902. The van der Waals surface area contributed by atoms with Crippen LogP contribution >= 0.6 is 0 Å². The Morgan fingerprint density at radius 2 is 1.82 bits per heavy atom. The first kappa shape index (κ1) is 19.9. The molecule has 1 amide bonds. The van der Waals surface area contributed by atoms with Crippen molar-refractivity contribution in [3.63, 3.8) is 0 Å². The van der Waals surface area contributed by atoms with Gasteiger partial charge < -0.3 is 10.2 Å². The maximum absolute atomic E-state index is 12.7. The van der Waals surface area contributed by atoms with E-state index in [0.717, 1.165) is 37.8 Å². The standard InChI is InChI=1S/C21H31N3O3S/c25-21(16-23-13-10-17-6-1-2-7-18(17)15-23)22-19-8-5-9-20(14-19)28(26,27)24-11-3-4-12-24/h5,8-9,14,17-18H,1-4,6-7,10-13,15-16H2,(H,22,25)/p+1/t17-,18-/m1/s1. The predicted octanol–water partition coefficient (Wildman–Crippen LogP) is 1.50. The fourth-order valence-corrected chi connectivity index (χ4v) is 6.76. The van der Waals surface area contributed by atoms with Crippen molar-refractivity contribution in [1.82, 2.24) is 4.31 Å². The number of hydrogen-bond donors (Lipinski definition) is 2. The Morgan fingerprint density at radius 3 is 2.61 bits per heavy atom. The van der Waals surface area contributed by atoms with Gasteiger partial charge in [0.2, 0.25) is 10.0 Å². The lowest BCUT2D eigenvalue weighted by Crippen LogP contribution is -3.15. The van der Waals surface area contributed by atoms with E-state index >= 15 is 0 Å². The number of nitrogens with one attached hydrogen (secondary N) is 2. The number of carbonyl (C=O) groups is 1. The van der Waals surface area contributed by atoms with Gasteiger partial charge in [-0.3, -0.25) is 4.79 Å². The second-order valence-corrected chi connectivity index (χ2v) is 10.6. The first-order chi connectivity index (χ1) is 13.5. The van der Waals surface area contributed by atoms with E-state index in [1.165, 1.54) is 41.3 Å². The third-order valence-electron chi connectivity index (χ3n) is 6.72. The molecular formula is C21H32N3O3S+. The third kappa shape index (κ3) is 4.42. The molecular weight excluding hydrogens is 374 g/mol. The van der Waals surface area contributed by atoms with Crippen LogP contribution in [-0.4, -0.2) is 51.4 Å². The summed E-state index contributed by atoms with van der Waals surface area (Å²) in [6, 6.07) is 6.68. The molecule has 3 atom stereocenters. The van der Waals surface area contributed by atoms with Crippen molar-refractivity contribution in [2.45, 2.75) is 49.8 Å². The van der Waals surface area contributed by atoms with Gasteiger partial charge in [0.25, 0.3) is 5.91 Å². The average Bonchev–Trinajstić information content (AvgIpc) is 3.24. The van der Waals surface area contributed by atoms with Crippen LogP contribution in [0.4, 0.5) is 5.69 Å². The highest BCUT2D eigenvalue weighted by molar-refractivity contribution is 7.89. The molecule has 3 aliphatic rings. The highest BCUT2D eigenvalue weighted by Crippen LogP contribution is 2.32. The molecule has 2 heterocycles. The van der Waals surface area contributed by atoms with Crippen molar-refractivity contribution in [1.29, 1.82) is 0 Å². The zero-order chi connectivity index (χ0) is 19.6. The quantitative estimate of drug-likeness (QED) is 0.779. The summed E-state index contributed by atoms with van der Waals surface area (Å²) >= 11 is 0. The van der Waals surface area contributed by atoms with Crippen LogP contribution in [0, 0.1) is 11.8 Å². The minimum absolute atomic E-state index is 0.0278. The Kier molecular flexibility index (Phi) is 6.04. The van der Waals surface area contributed by atoms with Crippen LogP contribution in [0.2, 0.25) is 0 Å². The minimum atomic E-state index is -3.46. The number of hydrogen-bond acceptors (Lipinski definition) is 3. The van der Waals surface area contributed by atoms with E-state index < -0.39 is 10.0 Å². The molecule has 0 bridgehead atoms. The van der Waals surface area contributed by atoms with Gasteiger partial charge in [0.1, 0.15) is 0 Å². The van der Waals surface area contributed by atoms with E-state index in [-0.39, 0.29) is 10.8 Å². The highest BCUT2D eigenvalue weighted by atomic mass is 32.2. The number of likely N-dealkylation sites (tertiary alicyclic amines) is 1.